The molecule has 0 aliphatic heterocycles. The Bertz CT molecular complexity index is 877. The first-order valence-electron chi connectivity index (χ1n) is 6.83. The van der Waals surface area contributed by atoms with Crippen molar-refractivity contribution in [3.8, 4) is 11.3 Å². The number of nitrogens with zero attached hydrogens (tertiary/aromatic N) is 1. The van der Waals surface area contributed by atoms with Crippen molar-refractivity contribution in [2.24, 2.45) is 0 Å². The summed E-state index contributed by atoms with van der Waals surface area (Å²) >= 11 is 6.02. The summed E-state index contributed by atoms with van der Waals surface area (Å²) in [6, 6.07) is 12.5. The molecule has 0 atom stereocenters. The lowest BCUT2D eigenvalue weighted by Gasteiger charge is -2.04. The fourth-order valence-electron chi connectivity index (χ4n) is 2.03. The maximum absolute atomic E-state index is 13.2. The molecule has 0 fully saturated rings. The first-order valence-corrected chi connectivity index (χ1v) is 7.21. The van der Waals surface area contributed by atoms with Crippen molar-refractivity contribution in [1.82, 2.24) is 5.16 Å². The maximum Gasteiger partial charge on any atom is 0.294 e. The lowest BCUT2D eigenvalue weighted by Crippen LogP contribution is -2.10. The Morgan fingerprint density at radius 1 is 1.22 bits per heavy atom. The minimum absolute atomic E-state index is 0.0287. The average molecular weight is 331 g/mol. The van der Waals surface area contributed by atoms with E-state index in [1.54, 1.807) is 30.3 Å². The van der Waals surface area contributed by atoms with E-state index in [0.29, 0.717) is 22.0 Å². The van der Waals surface area contributed by atoms with Gasteiger partial charge in [-0.05, 0) is 36.8 Å². The van der Waals surface area contributed by atoms with Gasteiger partial charge in [-0.25, -0.2) is 4.39 Å². The highest BCUT2D eigenvalue weighted by Crippen LogP contribution is 2.22. The molecule has 0 bridgehead atoms. The number of benzene rings is 2. The standard InChI is InChI=1S/C17H12ClFN2O2/c1-10-5-6-13(8-14(10)18)20-17(22)16-9-15(21-23-16)11-3-2-4-12(19)7-11/h2-9H,1H3,(H,20,22). The zero-order valence-electron chi connectivity index (χ0n) is 12.1. The summed E-state index contributed by atoms with van der Waals surface area (Å²) in [5.41, 5.74) is 2.38. The first kappa shape index (κ1) is 15.2. The van der Waals surface area contributed by atoms with Crippen molar-refractivity contribution in [3.63, 3.8) is 0 Å². The highest BCUT2D eigenvalue weighted by atomic mass is 35.5. The van der Waals surface area contributed by atoms with E-state index < -0.39 is 5.91 Å². The number of rotatable bonds is 3. The third kappa shape index (κ3) is 3.40. The minimum atomic E-state index is -0.458. The van der Waals surface area contributed by atoms with E-state index in [2.05, 4.69) is 10.5 Å². The van der Waals surface area contributed by atoms with Crippen LogP contribution in [0.2, 0.25) is 5.02 Å². The van der Waals surface area contributed by atoms with Crippen molar-refractivity contribution in [1.29, 1.82) is 0 Å². The van der Waals surface area contributed by atoms with Crippen LogP contribution in [0.4, 0.5) is 10.1 Å². The number of anilines is 1. The van der Waals surface area contributed by atoms with Crippen LogP contribution >= 0.6 is 11.6 Å². The Balaban J connectivity index is 1.79. The zero-order valence-corrected chi connectivity index (χ0v) is 12.9. The largest absolute Gasteiger partial charge is 0.350 e. The van der Waals surface area contributed by atoms with Gasteiger partial charge in [-0.3, -0.25) is 4.79 Å². The van der Waals surface area contributed by atoms with Crippen LogP contribution in [0.1, 0.15) is 16.1 Å². The molecule has 0 aliphatic rings. The number of halogens is 2. The Morgan fingerprint density at radius 3 is 2.78 bits per heavy atom. The molecule has 116 valence electrons. The first-order chi connectivity index (χ1) is 11.0. The van der Waals surface area contributed by atoms with Gasteiger partial charge in [0.05, 0.1) is 0 Å². The van der Waals surface area contributed by atoms with E-state index >= 15 is 0 Å². The number of aryl methyl sites for hydroxylation is 1. The lowest BCUT2D eigenvalue weighted by molar-refractivity contribution is 0.0988. The average Bonchev–Trinajstić information content (AvgIpc) is 3.01. The van der Waals surface area contributed by atoms with Gasteiger partial charge in [-0.1, -0.05) is 35.0 Å². The van der Waals surface area contributed by atoms with Crippen LogP contribution in [0.25, 0.3) is 11.3 Å². The Labute approximate surface area is 136 Å². The van der Waals surface area contributed by atoms with Crippen LogP contribution in [0.3, 0.4) is 0 Å². The van der Waals surface area contributed by atoms with Gasteiger partial charge >= 0.3 is 0 Å². The third-order valence-electron chi connectivity index (χ3n) is 3.28. The fourth-order valence-corrected chi connectivity index (χ4v) is 2.21. The number of carbonyl (C=O) groups excluding carboxylic acids is 1. The highest BCUT2D eigenvalue weighted by Gasteiger charge is 2.15. The second-order valence-electron chi connectivity index (χ2n) is 5.00. The van der Waals surface area contributed by atoms with Crippen molar-refractivity contribution in [3.05, 3.63) is 70.7 Å². The molecule has 6 heteroatoms. The van der Waals surface area contributed by atoms with Crippen molar-refractivity contribution < 1.29 is 13.7 Å². The molecule has 1 heterocycles. The summed E-state index contributed by atoms with van der Waals surface area (Å²) in [5, 5.41) is 7.02. The monoisotopic (exact) mass is 330 g/mol. The lowest BCUT2D eigenvalue weighted by atomic mass is 10.1. The maximum atomic E-state index is 13.2. The number of hydrogen-bond donors (Lipinski definition) is 1. The van der Waals surface area contributed by atoms with Gasteiger partial charge in [0.2, 0.25) is 5.76 Å². The number of carbonyl (C=O) groups is 1. The molecule has 3 rings (SSSR count). The van der Waals surface area contributed by atoms with Gasteiger partial charge in [-0.15, -0.1) is 0 Å². The van der Waals surface area contributed by atoms with E-state index in [9.17, 15) is 9.18 Å². The number of nitrogens with one attached hydrogen (secondary N) is 1. The summed E-state index contributed by atoms with van der Waals surface area (Å²) in [5.74, 6) is -0.813. The van der Waals surface area contributed by atoms with Gasteiger partial charge < -0.3 is 9.84 Å². The van der Waals surface area contributed by atoms with E-state index in [-0.39, 0.29) is 11.6 Å². The molecule has 1 amide bonds. The van der Waals surface area contributed by atoms with Crippen LogP contribution in [0, 0.1) is 12.7 Å². The van der Waals surface area contributed by atoms with Gasteiger partial charge in [0.15, 0.2) is 0 Å². The van der Waals surface area contributed by atoms with Crippen molar-refractivity contribution in [2.45, 2.75) is 6.92 Å². The van der Waals surface area contributed by atoms with Crippen molar-refractivity contribution in [2.75, 3.05) is 5.32 Å². The normalized spacial score (nSPS) is 10.6. The molecular formula is C17H12ClFN2O2. The third-order valence-corrected chi connectivity index (χ3v) is 3.69. The van der Waals surface area contributed by atoms with Crippen molar-refractivity contribution >= 4 is 23.2 Å². The van der Waals surface area contributed by atoms with Gasteiger partial charge in [0.1, 0.15) is 11.5 Å². The summed E-state index contributed by atoms with van der Waals surface area (Å²) < 4.78 is 18.3. The second kappa shape index (κ2) is 6.22. The molecule has 0 saturated heterocycles. The van der Waals surface area contributed by atoms with Crippen LogP contribution in [0.15, 0.2) is 53.1 Å². The van der Waals surface area contributed by atoms with Gasteiger partial charge in [0.25, 0.3) is 5.91 Å². The van der Waals surface area contributed by atoms with E-state index in [1.165, 1.54) is 18.2 Å². The molecule has 0 radical (unpaired) electrons. The zero-order chi connectivity index (χ0) is 16.4. The smallest absolute Gasteiger partial charge is 0.294 e. The molecule has 0 aliphatic carbocycles. The van der Waals surface area contributed by atoms with Crippen LogP contribution in [-0.4, -0.2) is 11.1 Å². The summed E-state index contributed by atoms with van der Waals surface area (Å²) in [6.07, 6.45) is 0. The number of aromatic nitrogens is 1. The fraction of sp³-hybridized carbons (Fsp3) is 0.0588. The summed E-state index contributed by atoms with van der Waals surface area (Å²) in [7, 11) is 0. The van der Waals surface area contributed by atoms with E-state index in [0.717, 1.165) is 5.56 Å². The van der Waals surface area contributed by atoms with Gasteiger partial charge in [0, 0.05) is 22.3 Å². The predicted molar refractivity (Wildman–Crippen MR) is 86.0 cm³/mol. The topological polar surface area (TPSA) is 55.1 Å². The molecule has 2 aromatic carbocycles. The molecule has 0 spiro atoms. The Kier molecular flexibility index (Phi) is 4.12. The minimum Gasteiger partial charge on any atom is -0.350 e. The quantitative estimate of drug-likeness (QED) is 0.757. The molecule has 0 saturated carbocycles. The molecule has 0 unspecified atom stereocenters. The molecule has 3 aromatic rings. The van der Waals surface area contributed by atoms with Crippen LogP contribution in [0.5, 0.6) is 0 Å². The highest BCUT2D eigenvalue weighted by molar-refractivity contribution is 6.31. The van der Waals surface area contributed by atoms with E-state index in [1.807, 2.05) is 6.92 Å². The van der Waals surface area contributed by atoms with E-state index in [4.69, 9.17) is 16.1 Å². The SMILES string of the molecule is Cc1ccc(NC(=O)c2cc(-c3cccc(F)c3)no2)cc1Cl. The Hall–Kier alpha value is -2.66. The van der Waals surface area contributed by atoms with Crippen LogP contribution in [-0.2, 0) is 0 Å². The molecular weight excluding hydrogens is 319 g/mol. The predicted octanol–water partition coefficient (Wildman–Crippen LogP) is 4.69. The molecule has 1 aromatic heterocycles. The second-order valence-corrected chi connectivity index (χ2v) is 5.41. The number of hydrogen-bond acceptors (Lipinski definition) is 3. The van der Waals surface area contributed by atoms with Crippen LogP contribution < -0.4 is 5.32 Å². The summed E-state index contributed by atoms with van der Waals surface area (Å²) in [4.78, 5) is 12.2. The summed E-state index contributed by atoms with van der Waals surface area (Å²) in [6.45, 7) is 1.87. The molecule has 1 N–H and O–H groups in total. The Morgan fingerprint density at radius 2 is 2.04 bits per heavy atom. The molecule has 4 nitrogen and oxygen atoms in total. The van der Waals surface area contributed by atoms with Gasteiger partial charge in [-0.2, -0.15) is 0 Å². The molecule has 23 heavy (non-hydrogen) atoms. The number of amides is 1.